The Labute approximate surface area is 209 Å². The van der Waals surface area contributed by atoms with Crippen LogP contribution in [-0.4, -0.2) is 16.0 Å². The van der Waals surface area contributed by atoms with Gasteiger partial charge in [0.25, 0.3) is 5.91 Å². The Hall–Kier alpha value is -3.15. The van der Waals surface area contributed by atoms with Crippen molar-refractivity contribution in [2.24, 2.45) is 0 Å². The maximum Gasteiger partial charge on any atom is 0.260 e. The Morgan fingerprint density at radius 2 is 1.74 bits per heavy atom. The van der Waals surface area contributed by atoms with Gasteiger partial charge in [-0.1, -0.05) is 72.8 Å². The van der Waals surface area contributed by atoms with E-state index in [4.69, 9.17) is 11.6 Å². The Balaban J connectivity index is 1.43. The van der Waals surface area contributed by atoms with Gasteiger partial charge in [0.2, 0.25) is 0 Å². The number of aryl methyl sites for hydroxylation is 1. The number of hydrogen-bond donors (Lipinski definition) is 2. The van der Waals surface area contributed by atoms with Gasteiger partial charge in [0.1, 0.15) is 0 Å². The van der Waals surface area contributed by atoms with E-state index >= 15 is 0 Å². The number of rotatable bonds is 6. The van der Waals surface area contributed by atoms with Crippen molar-refractivity contribution in [3.63, 3.8) is 0 Å². The summed E-state index contributed by atoms with van der Waals surface area (Å²) < 4.78 is 2.30. The monoisotopic (exact) mass is 487 g/mol. The number of amides is 1. The second kappa shape index (κ2) is 9.61. The summed E-state index contributed by atoms with van der Waals surface area (Å²) in [4.78, 5) is 13.5. The minimum atomic E-state index is -0.200. The van der Waals surface area contributed by atoms with Crippen LogP contribution in [0.15, 0.2) is 77.7 Å². The molecule has 0 aliphatic carbocycles. The number of nitrogens with one attached hydrogen (secondary N) is 2. The van der Waals surface area contributed by atoms with Crippen LogP contribution in [0.2, 0.25) is 5.02 Å². The molecular formula is C28H26ClN3OS. The summed E-state index contributed by atoms with van der Waals surface area (Å²) in [5.74, 6) is -0.0541. The first-order valence-electron chi connectivity index (χ1n) is 11.4. The molecule has 1 amide bonds. The van der Waals surface area contributed by atoms with E-state index in [1.807, 2.05) is 24.3 Å². The third kappa shape index (κ3) is 4.59. The first kappa shape index (κ1) is 22.6. The molecule has 2 N–H and O–H groups in total. The van der Waals surface area contributed by atoms with E-state index in [0.29, 0.717) is 4.91 Å². The topological polar surface area (TPSA) is 46.1 Å². The van der Waals surface area contributed by atoms with Crippen molar-refractivity contribution in [2.75, 3.05) is 5.32 Å². The van der Waals surface area contributed by atoms with E-state index in [9.17, 15) is 4.79 Å². The van der Waals surface area contributed by atoms with Gasteiger partial charge in [0.05, 0.1) is 4.91 Å². The Bertz CT molecular complexity index is 1370. The second-order valence-corrected chi connectivity index (χ2v) is 9.99. The van der Waals surface area contributed by atoms with Gasteiger partial charge >= 0.3 is 0 Å². The molecule has 172 valence electrons. The molecule has 1 aliphatic rings. The van der Waals surface area contributed by atoms with Gasteiger partial charge in [-0.3, -0.25) is 4.79 Å². The molecule has 2 heterocycles. The van der Waals surface area contributed by atoms with Crippen LogP contribution in [0, 0.1) is 6.92 Å². The molecule has 5 rings (SSSR count). The molecule has 1 fully saturated rings. The largest absolute Gasteiger partial charge is 0.357 e. The van der Waals surface area contributed by atoms with Crippen LogP contribution in [0.1, 0.15) is 29.3 Å². The highest BCUT2D eigenvalue weighted by Crippen LogP contribution is 2.34. The van der Waals surface area contributed by atoms with Crippen LogP contribution < -0.4 is 10.6 Å². The van der Waals surface area contributed by atoms with E-state index in [1.54, 1.807) is 0 Å². The fraction of sp³-hybridized carbons (Fsp3) is 0.179. The van der Waals surface area contributed by atoms with Crippen molar-refractivity contribution in [3.8, 4) is 0 Å². The van der Waals surface area contributed by atoms with Crippen LogP contribution in [0.5, 0.6) is 0 Å². The van der Waals surface area contributed by atoms with Gasteiger partial charge < -0.3 is 15.2 Å². The molecule has 0 unspecified atom stereocenters. The predicted octanol–water partition coefficient (Wildman–Crippen LogP) is 6.81. The third-order valence-corrected chi connectivity index (χ3v) is 7.48. The summed E-state index contributed by atoms with van der Waals surface area (Å²) in [6.45, 7) is 5.00. The molecule has 34 heavy (non-hydrogen) atoms. The van der Waals surface area contributed by atoms with Gasteiger partial charge in [0.15, 0.2) is 5.50 Å². The Kier molecular flexibility index (Phi) is 6.40. The highest BCUT2D eigenvalue weighted by Gasteiger charge is 2.28. The molecular weight excluding hydrogens is 462 g/mol. The predicted molar refractivity (Wildman–Crippen MR) is 144 cm³/mol. The summed E-state index contributed by atoms with van der Waals surface area (Å²) in [6, 6.07) is 24.6. The third-order valence-electron chi connectivity index (χ3n) is 6.20. The molecule has 1 atom stereocenters. The minimum Gasteiger partial charge on any atom is -0.357 e. The number of anilines is 1. The zero-order chi connectivity index (χ0) is 23.7. The standard InChI is InChI=1S/C28H26ClN3OS/c1-3-19-10-14-22(15-11-19)30-28-31-27(33)26(34-28)16-24-18(2)32(25-7-5-4-6-23(24)25)17-20-8-12-21(29)13-9-20/h4-16,28,30H,3,17H2,1-2H3,(H,31,33)/b26-16-/t28-/m0/s1. The number of para-hydroxylation sites is 1. The van der Waals surface area contributed by atoms with Crippen molar-refractivity contribution in [1.29, 1.82) is 0 Å². The SMILES string of the molecule is CCc1ccc(N[C@H]2NC(=O)/C(=C/c3c(C)n(Cc4ccc(Cl)cc4)c4ccccc34)S2)cc1. The minimum absolute atomic E-state index is 0.0541. The molecule has 3 aromatic carbocycles. The van der Waals surface area contributed by atoms with E-state index in [1.165, 1.54) is 22.9 Å². The maximum atomic E-state index is 12.8. The number of fused-ring (bicyclic) bond motifs is 1. The number of benzene rings is 3. The van der Waals surface area contributed by atoms with Gasteiger partial charge in [-0.25, -0.2) is 0 Å². The Morgan fingerprint density at radius 1 is 1.03 bits per heavy atom. The van der Waals surface area contributed by atoms with Crippen molar-refractivity contribution < 1.29 is 4.79 Å². The number of carbonyl (C=O) groups is 1. The van der Waals surface area contributed by atoms with Crippen LogP contribution in [0.4, 0.5) is 5.69 Å². The molecule has 4 aromatic rings. The number of aromatic nitrogens is 1. The average Bonchev–Trinajstić information content (AvgIpc) is 3.32. The van der Waals surface area contributed by atoms with Crippen molar-refractivity contribution >= 4 is 51.9 Å². The first-order valence-corrected chi connectivity index (χ1v) is 12.6. The first-order chi connectivity index (χ1) is 16.5. The zero-order valence-electron chi connectivity index (χ0n) is 19.1. The van der Waals surface area contributed by atoms with Gasteiger partial charge in [-0.05, 0) is 60.9 Å². The van der Waals surface area contributed by atoms with Crippen LogP contribution in [-0.2, 0) is 17.8 Å². The molecule has 4 nitrogen and oxygen atoms in total. The summed E-state index contributed by atoms with van der Waals surface area (Å²) in [5.41, 5.74) is 6.62. The fourth-order valence-electron chi connectivity index (χ4n) is 4.30. The Morgan fingerprint density at radius 3 is 2.47 bits per heavy atom. The van der Waals surface area contributed by atoms with Gasteiger partial charge in [0, 0.05) is 39.4 Å². The average molecular weight is 488 g/mol. The van der Waals surface area contributed by atoms with Crippen LogP contribution in [0.25, 0.3) is 17.0 Å². The number of nitrogens with zero attached hydrogens (tertiary/aromatic N) is 1. The lowest BCUT2D eigenvalue weighted by Gasteiger charge is -2.12. The van der Waals surface area contributed by atoms with Crippen molar-refractivity contribution in [2.45, 2.75) is 32.3 Å². The molecule has 6 heteroatoms. The van der Waals surface area contributed by atoms with Crippen LogP contribution in [0.3, 0.4) is 0 Å². The fourth-order valence-corrected chi connectivity index (χ4v) is 5.39. The molecule has 0 bridgehead atoms. The number of halogens is 1. The quantitative estimate of drug-likeness (QED) is 0.293. The lowest BCUT2D eigenvalue weighted by molar-refractivity contribution is -0.116. The lowest BCUT2D eigenvalue weighted by Crippen LogP contribution is -2.30. The second-order valence-electron chi connectivity index (χ2n) is 8.40. The van der Waals surface area contributed by atoms with E-state index in [0.717, 1.165) is 45.8 Å². The molecule has 1 aliphatic heterocycles. The highest BCUT2D eigenvalue weighted by atomic mass is 35.5. The smallest absolute Gasteiger partial charge is 0.260 e. The van der Waals surface area contributed by atoms with Gasteiger partial charge in [-0.15, -0.1) is 0 Å². The molecule has 1 saturated heterocycles. The summed E-state index contributed by atoms with van der Waals surface area (Å²) >= 11 is 7.59. The van der Waals surface area contributed by atoms with Crippen molar-refractivity contribution in [1.82, 2.24) is 9.88 Å². The van der Waals surface area contributed by atoms with E-state index < -0.39 is 0 Å². The lowest BCUT2D eigenvalue weighted by atomic mass is 10.1. The summed E-state index contributed by atoms with van der Waals surface area (Å²) in [5, 5.41) is 8.33. The highest BCUT2D eigenvalue weighted by molar-refractivity contribution is 8.05. The summed E-state index contributed by atoms with van der Waals surface area (Å²) in [6.07, 6.45) is 3.03. The normalized spacial score (nSPS) is 16.9. The van der Waals surface area contributed by atoms with Crippen molar-refractivity contribution in [3.05, 3.63) is 105 Å². The number of carbonyl (C=O) groups excluding carboxylic acids is 1. The molecule has 0 spiro atoms. The van der Waals surface area contributed by atoms with E-state index in [-0.39, 0.29) is 11.4 Å². The molecule has 0 saturated carbocycles. The number of hydrogen-bond acceptors (Lipinski definition) is 3. The van der Waals surface area contributed by atoms with E-state index in [2.05, 4.69) is 83.6 Å². The molecule has 1 aromatic heterocycles. The maximum absolute atomic E-state index is 12.8. The van der Waals surface area contributed by atoms with Gasteiger partial charge in [-0.2, -0.15) is 0 Å². The zero-order valence-corrected chi connectivity index (χ0v) is 20.7. The number of thioether (sulfide) groups is 1. The molecule has 0 radical (unpaired) electrons. The van der Waals surface area contributed by atoms with Crippen LogP contribution >= 0.6 is 23.4 Å². The summed E-state index contributed by atoms with van der Waals surface area (Å²) in [7, 11) is 0.